The Bertz CT molecular complexity index is 416. The minimum Gasteiger partial charge on any atom is -0.260 e. The predicted molar refractivity (Wildman–Crippen MR) is 63.0 cm³/mol. The van der Waals surface area contributed by atoms with Gasteiger partial charge in [0.2, 0.25) is 0 Å². The van der Waals surface area contributed by atoms with Crippen molar-refractivity contribution in [3.63, 3.8) is 0 Å². The van der Waals surface area contributed by atoms with E-state index in [1.54, 1.807) is 24.2 Å². The Balaban J connectivity index is 1.96. The van der Waals surface area contributed by atoms with Crippen LogP contribution in [0.25, 0.3) is 0 Å². The molecule has 2 aromatic rings. The summed E-state index contributed by atoms with van der Waals surface area (Å²) < 4.78 is 0. The van der Waals surface area contributed by atoms with E-state index in [2.05, 4.69) is 9.97 Å². The molecule has 2 heterocycles. The Morgan fingerprint density at radius 1 is 1.13 bits per heavy atom. The number of aromatic nitrogens is 2. The van der Waals surface area contributed by atoms with Gasteiger partial charge in [-0.05, 0) is 24.3 Å². The highest BCUT2D eigenvalue weighted by molar-refractivity contribution is 7.98. The van der Waals surface area contributed by atoms with Crippen molar-refractivity contribution in [2.45, 2.75) is 10.8 Å². The highest BCUT2D eigenvalue weighted by Crippen LogP contribution is 2.20. The number of hydrogen-bond acceptors (Lipinski definition) is 3. The van der Waals surface area contributed by atoms with E-state index in [4.69, 9.17) is 11.6 Å². The molecule has 0 radical (unpaired) electrons. The van der Waals surface area contributed by atoms with Crippen molar-refractivity contribution in [2.75, 3.05) is 0 Å². The molecule has 0 saturated carbocycles. The SMILES string of the molecule is Clc1ccc(SCc2ccccn2)nc1. The van der Waals surface area contributed by atoms with Gasteiger partial charge in [0, 0.05) is 18.1 Å². The van der Waals surface area contributed by atoms with Crippen LogP contribution < -0.4 is 0 Å². The van der Waals surface area contributed by atoms with Gasteiger partial charge in [0.15, 0.2) is 0 Å². The zero-order valence-corrected chi connectivity index (χ0v) is 9.50. The average molecular weight is 237 g/mol. The summed E-state index contributed by atoms with van der Waals surface area (Å²) in [5.74, 6) is 0.829. The van der Waals surface area contributed by atoms with Gasteiger partial charge in [0.1, 0.15) is 0 Å². The normalized spacial score (nSPS) is 10.2. The van der Waals surface area contributed by atoms with Crippen molar-refractivity contribution in [1.29, 1.82) is 0 Å². The Morgan fingerprint density at radius 2 is 2.07 bits per heavy atom. The fourth-order valence-corrected chi connectivity index (χ4v) is 1.95. The van der Waals surface area contributed by atoms with Crippen LogP contribution in [0.1, 0.15) is 5.69 Å². The topological polar surface area (TPSA) is 25.8 Å². The van der Waals surface area contributed by atoms with Crippen molar-refractivity contribution in [2.24, 2.45) is 0 Å². The van der Waals surface area contributed by atoms with Gasteiger partial charge in [-0.25, -0.2) is 4.98 Å². The number of hydrogen-bond donors (Lipinski definition) is 0. The van der Waals surface area contributed by atoms with Gasteiger partial charge in [0.25, 0.3) is 0 Å². The first-order chi connectivity index (χ1) is 7.34. The third-order valence-electron chi connectivity index (χ3n) is 1.79. The summed E-state index contributed by atoms with van der Waals surface area (Å²) in [6.45, 7) is 0. The minimum absolute atomic E-state index is 0.664. The second-order valence-corrected chi connectivity index (χ2v) is 4.36. The molecule has 2 rings (SSSR count). The van der Waals surface area contributed by atoms with Gasteiger partial charge in [-0.2, -0.15) is 0 Å². The van der Waals surface area contributed by atoms with E-state index in [0.29, 0.717) is 5.02 Å². The number of pyridine rings is 2. The molecular formula is C11H9ClN2S. The summed E-state index contributed by atoms with van der Waals surface area (Å²) in [7, 11) is 0. The Kier molecular flexibility index (Phi) is 3.59. The molecule has 0 aliphatic heterocycles. The lowest BCUT2D eigenvalue weighted by molar-refractivity contribution is 1.12. The molecule has 4 heteroatoms. The largest absolute Gasteiger partial charge is 0.260 e. The number of halogens is 1. The molecule has 0 saturated heterocycles. The third-order valence-corrected chi connectivity index (χ3v) is 3.00. The summed E-state index contributed by atoms with van der Waals surface area (Å²) in [4.78, 5) is 8.43. The molecule has 0 atom stereocenters. The van der Waals surface area contributed by atoms with E-state index in [1.807, 2.05) is 30.3 Å². The molecular weight excluding hydrogens is 228 g/mol. The fourth-order valence-electron chi connectivity index (χ4n) is 1.08. The lowest BCUT2D eigenvalue weighted by Gasteiger charge is -1.99. The average Bonchev–Trinajstić information content (AvgIpc) is 2.30. The molecule has 0 aliphatic rings. The molecule has 0 aliphatic carbocycles. The van der Waals surface area contributed by atoms with Crippen molar-refractivity contribution in [3.05, 3.63) is 53.4 Å². The Morgan fingerprint density at radius 3 is 2.73 bits per heavy atom. The quantitative estimate of drug-likeness (QED) is 0.764. The first kappa shape index (κ1) is 10.5. The summed E-state index contributed by atoms with van der Waals surface area (Å²) in [5, 5.41) is 1.63. The van der Waals surface area contributed by atoms with Crippen molar-refractivity contribution >= 4 is 23.4 Å². The van der Waals surface area contributed by atoms with E-state index < -0.39 is 0 Å². The predicted octanol–water partition coefficient (Wildman–Crippen LogP) is 3.42. The van der Waals surface area contributed by atoms with Crippen LogP contribution in [0, 0.1) is 0 Å². The van der Waals surface area contributed by atoms with E-state index in [1.165, 1.54) is 0 Å². The molecule has 0 unspecified atom stereocenters. The van der Waals surface area contributed by atoms with E-state index in [0.717, 1.165) is 16.5 Å². The van der Waals surface area contributed by atoms with E-state index in [-0.39, 0.29) is 0 Å². The fraction of sp³-hybridized carbons (Fsp3) is 0.0909. The number of rotatable bonds is 3. The maximum absolute atomic E-state index is 5.74. The number of thioether (sulfide) groups is 1. The van der Waals surface area contributed by atoms with Gasteiger partial charge < -0.3 is 0 Å². The van der Waals surface area contributed by atoms with Crippen molar-refractivity contribution < 1.29 is 0 Å². The smallest absolute Gasteiger partial charge is 0.0964 e. The molecule has 0 aromatic carbocycles. The lowest BCUT2D eigenvalue weighted by atomic mass is 10.4. The molecule has 0 bridgehead atoms. The van der Waals surface area contributed by atoms with E-state index >= 15 is 0 Å². The van der Waals surface area contributed by atoms with Crippen LogP contribution in [0.5, 0.6) is 0 Å². The van der Waals surface area contributed by atoms with Gasteiger partial charge in [-0.15, -0.1) is 11.8 Å². The van der Waals surface area contributed by atoms with Crippen LogP contribution in [0.4, 0.5) is 0 Å². The molecule has 0 amide bonds. The monoisotopic (exact) mass is 236 g/mol. The summed E-state index contributed by atoms with van der Waals surface area (Å²) in [5.41, 5.74) is 1.05. The molecule has 0 N–H and O–H groups in total. The standard InChI is InChI=1S/C11H9ClN2S/c12-9-4-5-11(14-7-9)15-8-10-3-1-2-6-13-10/h1-7H,8H2. The summed E-state index contributed by atoms with van der Waals surface area (Å²) in [6, 6.07) is 9.65. The molecule has 2 nitrogen and oxygen atoms in total. The van der Waals surface area contributed by atoms with Gasteiger partial charge in [-0.3, -0.25) is 4.98 Å². The zero-order chi connectivity index (χ0) is 10.5. The van der Waals surface area contributed by atoms with Crippen molar-refractivity contribution in [3.8, 4) is 0 Å². The van der Waals surface area contributed by atoms with Gasteiger partial charge in [-0.1, -0.05) is 17.7 Å². The molecule has 2 aromatic heterocycles. The van der Waals surface area contributed by atoms with Crippen LogP contribution in [0.2, 0.25) is 5.02 Å². The van der Waals surface area contributed by atoms with Crippen LogP contribution >= 0.6 is 23.4 Å². The molecule has 15 heavy (non-hydrogen) atoms. The molecule has 0 spiro atoms. The summed E-state index contributed by atoms with van der Waals surface area (Å²) >= 11 is 7.39. The second-order valence-electron chi connectivity index (χ2n) is 2.92. The Labute approximate surface area is 97.7 Å². The maximum Gasteiger partial charge on any atom is 0.0964 e. The van der Waals surface area contributed by atoms with Gasteiger partial charge in [0.05, 0.1) is 15.7 Å². The van der Waals surface area contributed by atoms with E-state index in [9.17, 15) is 0 Å². The van der Waals surface area contributed by atoms with Crippen LogP contribution in [-0.4, -0.2) is 9.97 Å². The highest BCUT2D eigenvalue weighted by Gasteiger charge is 1.97. The Hall–Kier alpha value is -1.06. The molecule has 0 fully saturated rings. The van der Waals surface area contributed by atoms with Crippen LogP contribution in [0.15, 0.2) is 47.8 Å². The van der Waals surface area contributed by atoms with Crippen molar-refractivity contribution in [1.82, 2.24) is 9.97 Å². The second kappa shape index (κ2) is 5.14. The first-order valence-electron chi connectivity index (χ1n) is 4.49. The number of nitrogens with zero attached hydrogens (tertiary/aromatic N) is 2. The van der Waals surface area contributed by atoms with Crippen LogP contribution in [-0.2, 0) is 5.75 Å². The van der Waals surface area contributed by atoms with Crippen LogP contribution in [0.3, 0.4) is 0 Å². The lowest BCUT2D eigenvalue weighted by Crippen LogP contribution is -1.85. The minimum atomic E-state index is 0.664. The molecule has 76 valence electrons. The zero-order valence-electron chi connectivity index (χ0n) is 7.93. The first-order valence-corrected chi connectivity index (χ1v) is 5.85. The van der Waals surface area contributed by atoms with Gasteiger partial charge >= 0.3 is 0 Å². The maximum atomic E-state index is 5.74. The highest BCUT2D eigenvalue weighted by atomic mass is 35.5. The summed E-state index contributed by atoms with van der Waals surface area (Å²) in [6.07, 6.45) is 3.45. The third kappa shape index (κ3) is 3.22.